The molecule has 0 amide bonds. The first kappa shape index (κ1) is 19.7. The number of halogens is 5. The second kappa shape index (κ2) is 7.53. The first-order chi connectivity index (χ1) is 12.7. The highest BCUT2D eigenvalue weighted by molar-refractivity contribution is 9.10. The Morgan fingerprint density at radius 2 is 1.89 bits per heavy atom. The van der Waals surface area contributed by atoms with Crippen LogP contribution in [0.3, 0.4) is 0 Å². The SMILES string of the molecule is O=S(=O)(Nc1nn(Cc2c(F)cccc2Cl)cc1Br)c1ccc(F)cc1F. The maximum atomic E-state index is 13.9. The predicted molar refractivity (Wildman–Crippen MR) is 97.6 cm³/mol. The van der Waals surface area contributed by atoms with Gasteiger partial charge in [-0.15, -0.1) is 0 Å². The van der Waals surface area contributed by atoms with Gasteiger partial charge in [0.05, 0.1) is 11.0 Å². The fraction of sp³-hybridized carbons (Fsp3) is 0.0625. The lowest BCUT2D eigenvalue weighted by atomic mass is 10.2. The second-order valence-electron chi connectivity index (χ2n) is 5.40. The fourth-order valence-corrected chi connectivity index (χ4v) is 4.11. The minimum absolute atomic E-state index is 0.0588. The van der Waals surface area contributed by atoms with Crippen LogP contribution in [0, 0.1) is 17.5 Å². The Balaban J connectivity index is 1.88. The van der Waals surface area contributed by atoms with Gasteiger partial charge < -0.3 is 0 Å². The molecule has 3 aromatic rings. The molecule has 1 N–H and O–H groups in total. The zero-order chi connectivity index (χ0) is 19.8. The third-order valence-electron chi connectivity index (χ3n) is 3.51. The van der Waals surface area contributed by atoms with Crippen LogP contribution in [0.5, 0.6) is 0 Å². The molecule has 0 aliphatic heterocycles. The van der Waals surface area contributed by atoms with Crippen molar-refractivity contribution in [1.82, 2.24) is 9.78 Å². The zero-order valence-electron chi connectivity index (χ0n) is 13.3. The van der Waals surface area contributed by atoms with Crippen LogP contribution in [0.2, 0.25) is 5.02 Å². The number of nitrogens with zero attached hydrogens (tertiary/aromatic N) is 2. The van der Waals surface area contributed by atoms with Gasteiger partial charge in [0.1, 0.15) is 22.3 Å². The summed E-state index contributed by atoms with van der Waals surface area (Å²) in [5, 5.41) is 4.19. The second-order valence-corrected chi connectivity index (χ2v) is 8.32. The third kappa shape index (κ3) is 4.28. The third-order valence-corrected chi connectivity index (χ3v) is 5.82. The largest absolute Gasteiger partial charge is 0.266 e. The molecule has 0 fully saturated rings. The molecule has 27 heavy (non-hydrogen) atoms. The quantitative estimate of drug-likeness (QED) is 0.582. The van der Waals surface area contributed by atoms with Gasteiger partial charge in [0.25, 0.3) is 10.0 Å². The van der Waals surface area contributed by atoms with Crippen molar-refractivity contribution >= 4 is 43.4 Å². The minimum atomic E-state index is -4.36. The molecule has 5 nitrogen and oxygen atoms in total. The number of hydrogen-bond acceptors (Lipinski definition) is 3. The number of anilines is 1. The number of hydrogen-bond donors (Lipinski definition) is 1. The highest BCUT2D eigenvalue weighted by Crippen LogP contribution is 2.26. The van der Waals surface area contributed by atoms with E-state index in [4.69, 9.17) is 11.6 Å². The highest BCUT2D eigenvalue weighted by Gasteiger charge is 2.22. The van der Waals surface area contributed by atoms with Crippen molar-refractivity contribution in [3.63, 3.8) is 0 Å². The smallest absolute Gasteiger partial charge is 0.265 e. The van der Waals surface area contributed by atoms with E-state index in [2.05, 4.69) is 25.8 Å². The molecule has 0 saturated carbocycles. The molecule has 0 saturated heterocycles. The van der Waals surface area contributed by atoms with E-state index in [9.17, 15) is 21.6 Å². The molecule has 2 aromatic carbocycles. The molecule has 0 radical (unpaired) electrons. The van der Waals surface area contributed by atoms with E-state index in [1.54, 1.807) is 0 Å². The van der Waals surface area contributed by atoms with E-state index in [1.807, 2.05) is 0 Å². The zero-order valence-corrected chi connectivity index (χ0v) is 16.4. The monoisotopic (exact) mass is 479 g/mol. The predicted octanol–water partition coefficient (Wildman–Crippen LogP) is 4.57. The van der Waals surface area contributed by atoms with Gasteiger partial charge in [-0.05, 0) is 40.2 Å². The van der Waals surface area contributed by atoms with Crippen LogP contribution < -0.4 is 4.72 Å². The summed E-state index contributed by atoms with van der Waals surface area (Å²) in [7, 11) is -4.36. The van der Waals surface area contributed by atoms with E-state index in [0.717, 1.165) is 12.1 Å². The lowest BCUT2D eigenvalue weighted by molar-refractivity contribution is 0.550. The summed E-state index contributed by atoms with van der Waals surface area (Å²) in [6, 6.07) is 6.29. The van der Waals surface area contributed by atoms with Crippen LogP contribution in [0.15, 0.2) is 52.0 Å². The number of aromatic nitrogens is 2. The Morgan fingerprint density at radius 1 is 1.15 bits per heavy atom. The van der Waals surface area contributed by atoms with Crippen molar-refractivity contribution in [3.8, 4) is 0 Å². The molecule has 11 heteroatoms. The normalized spacial score (nSPS) is 11.6. The van der Waals surface area contributed by atoms with Crippen LogP contribution in [0.4, 0.5) is 19.0 Å². The van der Waals surface area contributed by atoms with Crippen molar-refractivity contribution in [2.75, 3.05) is 4.72 Å². The summed E-state index contributed by atoms with van der Waals surface area (Å²) in [6.45, 7) is -0.0588. The van der Waals surface area contributed by atoms with Crippen molar-refractivity contribution in [2.24, 2.45) is 0 Å². The van der Waals surface area contributed by atoms with E-state index in [0.29, 0.717) is 6.07 Å². The number of nitrogens with one attached hydrogen (secondary N) is 1. The molecule has 0 bridgehead atoms. The van der Waals surface area contributed by atoms with Crippen LogP contribution in [-0.4, -0.2) is 18.2 Å². The van der Waals surface area contributed by atoms with E-state index in [1.165, 1.54) is 29.1 Å². The Labute approximate surface area is 165 Å². The molecule has 0 unspecified atom stereocenters. The molecule has 142 valence electrons. The van der Waals surface area contributed by atoms with Gasteiger partial charge in [-0.25, -0.2) is 21.6 Å². The summed E-state index contributed by atoms with van der Waals surface area (Å²) < 4.78 is 68.9. The summed E-state index contributed by atoms with van der Waals surface area (Å²) in [6.07, 6.45) is 1.40. The first-order valence-electron chi connectivity index (χ1n) is 7.31. The lowest BCUT2D eigenvalue weighted by Gasteiger charge is -2.08. The molecular weight excluding hydrogens is 471 g/mol. The summed E-state index contributed by atoms with van der Waals surface area (Å²) in [5.74, 6) is -2.83. The minimum Gasteiger partial charge on any atom is -0.265 e. The topological polar surface area (TPSA) is 64.0 Å². The first-order valence-corrected chi connectivity index (χ1v) is 9.96. The van der Waals surface area contributed by atoms with Gasteiger partial charge in [0.2, 0.25) is 0 Å². The van der Waals surface area contributed by atoms with Crippen molar-refractivity contribution in [1.29, 1.82) is 0 Å². The van der Waals surface area contributed by atoms with E-state index >= 15 is 0 Å². The molecule has 0 aliphatic carbocycles. The highest BCUT2D eigenvalue weighted by atomic mass is 79.9. The van der Waals surface area contributed by atoms with E-state index < -0.39 is 32.4 Å². The fourth-order valence-electron chi connectivity index (χ4n) is 2.27. The van der Waals surface area contributed by atoms with Gasteiger partial charge in [0.15, 0.2) is 5.82 Å². The van der Waals surface area contributed by atoms with Crippen LogP contribution in [-0.2, 0) is 16.6 Å². The van der Waals surface area contributed by atoms with Gasteiger partial charge in [-0.3, -0.25) is 9.40 Å². The van der Waals surface area contributed by atoms with Crippen LogP contribution in [0.1, 0.15) is 5.56 Å². The van der Waals surface area contributed by atoms with E-state index in [-0.39, 0.29) is 27.4 Å². The molecule has 3 rings (SSSR count). The van der Waals surface area contributed by atoms with Gasteiger partial charge in [-0.2, -0.15) is 5.10 Å². The number of rotatable bonds is 5. The Morgan fingerprint density at radius 3 is 2.56 bits per heavy atom. The standard InChI is InChI=1S/C16H10BrClF3N3O2S/c17-11-8-24(7-10-12(18)2-1-3-13(10)20)22-16(11)23-27(25,26)15-5-4-9(19)6-14(15)21/h1-6,8H,7H2,(H,22,23). The molecule has 0 atom stereocenters. The van der Waals surface area contributed by atoms with Crippen LogP contribution in [0.25, 0.3) is 0 Å². The van der Waals surface area contributed by atoms with Gasteiger partial charge in [-0.1, -0.05) is 17.7 Å². The average molecular weight is 481 g/mol. The molecule has 1 aromatic heterocycles. The molecular formula is C16H10BrClF3N3O2S. The number of benzene rings is 2. The van der Waals surface area contributed by atoms with Crippen molar-refractivity contribution in [2.45, 2.75) is 11.4 Å². The average Bonchev–Trinajstić information content (AvgIpc) is 2.89. The summed E-state index contributed by atoms with van der Waals surface area (Å²) in [4.78, 5) is -0.734. The van der Waals surface area contributed by atoms with Crippen LogP contribution >= 0.6 is 27.5 Å². The Bertz CT molecular complexity index is 1100. The van der Waals surface area contributed by atoms with Crippen molar-refractivity contribution < 1.29 is 21.6 Å². The molecule has 1 heterocycles. The van der Waals surface area contributed by atoms with Crippen molar-refractivity contribution in [3.05, 3.63) is 75.1 Å². The maximum Gasteiger partial charge on any atom is 0.266 e. The van der Waals surface area contributed by atoms with Gasteiger partial charge in [0, 0.05) is 22.8 Å². The number of sulfonamides is 1. The van der Waals surface area contributed by atoms with Gasteiger partial charge >= 0.3 is 0 Å². The maximum absolute atomic E-state index is 13.9. The lowest BCUT2D eigenvalue weighted by Crippen LogP contribution is -2.16. The Hall–Kier alpha value is -2.04. The molecule has 0 aliphatic rings. The summed E-state index contributed by atoms with van der Waals surface area (Å²) in [5.41, 5.74) is 0.174. The molecule has 0 spiro atoms. The Kier molecular flexibility index (Phi) is 5.50. The summed E-state index contributed by atoms with van der Waals surface area (Å²) >= 11 is 9.10.